The van der Waals surface area contributed by atoms with E-state index in [-0.39, 0.29) is 24.0 Å². The van der Waals surface area contributed by atoms with Crippen molar-refractivity contribution in [3.63, 3.8) is 0 Å². The molecular weight excluding hydrogens is 202 g/mol. The topological polar surface area (TPSA) is 133 Å². The third-order valence-corrected chi connectivity index (χ3v) is 2.03. The Bertz CT molecular complexity index is 468. The third kappa shape index (κ3) is 1.56. The molecule has 0 saturated heterocycles. The van der Waals surface area contributed by atoms with Crippen LogP contribution < -0.4 is 21.9 Å². The standard InChI is InChI=1S/C7H9N5O3/c8-7-11-4-3(5(13)12-7)10-2(1-9-4)6(14)15/h2,10H,1H2,(H,14,15)(H4,8,9,11,12,13)/t2-/m1/s1. The zero-order valence-corrected chi connectivity index (χ0v) is 7.57. The van der Waals surface area contributed by atoms with Gasteiger partial charge in [-0.1, -0.05) is 0 Å². The number of nitrogens with one attached hydrogen (secondary N) is 3. The molecule has 0 spiro atoms. The van der Waals surface area contributed by atoms with Crippen molar-refractivity contribution < 1.29 is 9.90 Å². The molecule has 0 fully saturated rings. The molecule has 0 amide bonds. The normalized spacial score (nSPS) is 18.5. The lowest BCUT2D eigenvalue weighted by Crippen LogP contribution is -2.42. The van der Waals surface area contributed by atoms with Gasteiger partial charge in [0, 0.05) is 6.54 Å². The number of carboxylic acid groups (broad SMARTS) is 1. The summed E-state index contributed by atoms with van der Waals surface area (Å²) in [6.45, 7) is 0.151. The van der Waals surface area contributed by atoms with E-state index < -0.39 is 17.6 Å². The van der Waals surface area contributed by atoms with Gasteiger partial charge in [-0.3, -0.25) is 9.78 Å². The quantitative estimate of drug-likeness (QED) is 0.387. The van der Waals surface area contributed by atoms with Crippen LogP contribution in [0, 0.1) is 0 Å². The molecule has 0 saturated carbocycles. The highest BCUT2D eigenvalue weighted by atomic mass is 16.4. The Balaban J connectivity index is 2.42. The highest BCUT2D eigenvalue weighted by molar-refractivity contribution is 5.82. The molecule has 6 N–H and O–H groups in total. The van der Waals surface area contributed by atoms with Crippen molar-refractivity contribution in [1.29, 1.82) is 0 Å². The molecule has 2 heterocycles. The number of carboxylic acids is 1. The van der Waals surface area contributed by atoms with Crippen molar-refractivity contribution in [3.05, 3.63) is 10.4 Å². The van der Waals surface area contributed by atoms with Gasteiger partial charge in [0.2, 0.25) is 5.95 Å². The van der Waals surface area contributed by atoms with Gasteiger partial charge in [-0.15, -0.1) is 0 Å². The van der Waals surface area contributed by atoms with Gasteiger partial charge in [0.05, 0.1) is 0 Å². The number of aromatic amines is 1. The zero-order valence-electron chi connectivity index (χ0n) is 7.57. The van der Waals surface area contributed by atoms with Crippen molar-refractivity contribution in [1.82, 2.24) is 9.97 Å². The maximum absolute atomic E-state index is 11.4. The van der Waals surface area contributed by atoms with Gasteiger partial charge in [0.15, 0.2) is 5.82 Å². The second kappa shape index (κ2) is 3.15. The molecule has 1 aliphatic rings. The predicted octanol–water partition coefficient (Wildman–Crippen LogP) is -1.36. The van der Waals surface area contributed by atoms with E-state index in [0.29, 0.717) is 0 Å². The van der Waals surface area contributed by atoms with Gasteiger partial charge in [0.25, 0.3) is 5.56 Å². The van der Waals surface area contributed by atoms with Gasteiger partial charge in [-0.25, -0.2) is 4.79 Å². The zero-order chi connectivity index (χ0) is 11.0. The van der Waals surface area contributed by atoms with E-state index in [9.17, 15) is 9.59 Å². The Hall–Kier alpha value is -2.25. The van der Waals surface area contributed by atoms with E-state index in [2.05, 4.69) is 20.6 Å². The summed E-state index contributed by atoms with van der Waals surface area (Å²) in [5.74, 6) is -0.778. The number of nitrogens with two attached hydrogens (primary N) is 1. The number of nitrogens with zero attached hydrogens (tertiary/aromatic N) is 1. The lowest BCUT2D eigenvalue weighted by molar-refractivity contribution is -0.137. The number of hydrogen-bond acceptors (Lipinski definition) is 6. The first-order valence-electron chi connectivity index (χ1n) is 4.21. The summed E-state index contributed by atoms with van der Waals surface area (Å²) in [5, 5.41) is 14.0. The van der Waals surface area contributed by atoms with Crippen LogP contribution in [0.4, 0.5) is 17.5 Å². The molecule has 80 valence electrons. The van der Waals surface area contributed by atoms with Crippen LogP contribution in [0.1, 0.15) is 0 Å². The Morgan fingerprint density at radius 3 is 3.00 bits per heavy atom. The second-order valence-electron chi connectivity index (χ2n) is 3.09. The fourth-order valence-electron chi connectivity index (χ4n) is 1.33. The molecule has 0 unspecified atom stereocenters. The summed E-state index contributed by atoms with van der Waals surface area (Å²) in [5.41, 5.74) is 4.94. The van der Waals surface area contributed by atoms with Crippen molar-refractivity contribution in [2.75, 3.05) is 22.9 Å². The lowest BCUT2D eigenvalue weighted by Gasteiger charge is -2.23. The first-order valence-corrected chi connectivity index (χ1v) is 4.21. The number of anilines is 3. The Morgan fingerprint density at radius 2 is 2.33 bits per heavy atom. The molecule has 0 aliphatic carbocycles. The smallest absolute Gasteiger partial charge is 0.327 e. The highest BCUT2D eigenvalue weighted by Gasteiger charge is 2.25. The highest BCUT2D eigenvalue weighted by Crippen LogP contribution is 2.19. The van der Waals surface area contributed by atoms with Crippen LogP contribution >= 0.6 is 0 Å². The number of rotatable bonds is 1. The van der Waals surface area contributed by atoms with Gasteiger partial charge in [-0.05, 0) is 0 Å². The molecule has 0 bridgehead atoms. The minimum Gasteiger partial charge on any atom is -0.480 e. The molecule has 0 aromatic carbocycles. The Labute approximate surface area is 83.5 Å². The number of hydrogen-bond donors (Lipinski definition) is 5. The van der Waals surface area contributed by atoms with Crippen molar-refractivity contribution in [3.8, 4) is 0 Å². The van der Waals surface area contributed by atoms with Crippen LogP contribution in [-0.2, 0) is 4.79 Å². The largest absolute Gasteiger partial charge is 0.480 e. The summed E-state index contributed by atoms with van der Waals surface area (Å²) >= 11 is 0. The summed E-state index contributed by atoms with van der Waals surface area (Å²) in [6.07, 6.45) is 0. The number of aromatic nitrogens is 2. The van der Waals surface area contributed by atoms with Crippen molar-refractivity contribution in [2.45, 2.75) is 6.04 Å². The van der Waals surface area contributed by atoms with E-state index in [1.807, 2.05) is 0 Å². The van der Waals surface area contributed by atoms with E-state index in [4.69, 9.17) is 10.8 Å². The molecule has 15 heavy (non-hydrogen) atoms. The SMILES string of the molecule is Nc1nc2c(c(=O)[nH]1)N[C@@H](C(=O)O)CN2. The summed E-state index contributed by atoms with van der Waals surface area (Å²) < 4.78 is 0. The monoisotopic (exact) mass is 211 g/mol. The average molecular weight is 211 g/mol. The van der Waals surface area contributed by atoms with E-state index >= 15 is 0 Å². The minimum absolute atomic E-state index is 0.0122. The molecule has 0 radical (unpaired) electrons. The predicted molar refractivity (Wildman–Crippen MR) is 52.8 cm³/mol. The van der Waals surface area contributed by atoms with Crippen molar-refractivity contribution in [2.24, 2.45) is 0 Å². The van der Waals surface area contributed by atoms with Gasteiger partial charge < -0.3 is 21.5 Å². The fraction of sp³-hybridized carbons (Fsp3) is 0.286. The third-order valence-electron chi connectivity index (χ3n) is 2.03. The molecule has 2 rings (SSSR count). The van der Waals surface area contributed by atoms with Crippen LogP contribution in [0.15, 0.2) is 4.79 Å². The number of fused-ring (bicyclic) bond motifs is 1. The number of H-pyrrole nitrogens is 1. The van der Waals surface area contributed by atoms with E-state index in [0.717, 1.165) is 0 Å². The molecule has 1 aliphatic heterocycles. The van der Waals surface area contributed by atoms with Crippen LogP contribution in [0.5, 0.6) is 0 Å². The van der Waals surface area contributed by atoms with E-state index in [1.165, 1.54) is 0 Å². The summed E-state index contributed by atoms with van der Waals surface area (Å²) in [6, 6.07) is -0.843. The molecule has 8 nitrogen and oxygen atoms in total. The first kappa shape index (κ1) is 9.31. The summed E-state index contributed by atoms with van der Waals surface area (Å²) in [4.78, 5) is 28.2. The first-order chi connectivity index (χ1) is 7.08. The van der Waals surface area contributed by atoms with Crippen molar-refractivity contribution >= 4 is 23.4 Å². The minimum atomic E-state index is -1.04. The number of aliphatic carboxylic acids is 1. The van der Waals surface area contributed by atoms with Gasteiger partial charge in [-0.2, -0.15) is 4.98 Å². The second-order valence-corrected chi connectivity index (χ2v) is 3.09. The van der Waals surface area contributed by atoms with Crippen LogP contribution in [0.2, 0.25) is 0 Å². The molecule has 1 atom stereocenters. The maximum atomic E-state index is 11.4. The molecule has 8 heteroatoms. The number of carbonyl (C=O) groups is 1. The maximum Gasteiger partial charge on any atom is 0.327 e. The molecule has 1 aromatic heterocycles. The van der Waals surface area contributed by atoms with E-state index in [1.54, 1.807) is 0 Å². The Kier molecular flexibility index (Phi) is 1.96. The fourth-order valence-corrected chi connectivity index (χ4v) is 1.33. The molecular formula is C7H9N5O3. The molecule has 1 aromatic rings. The van der Waals surface area contributed by atoms with Gasteiger partial charge >= 0.3 is 5.97 Å². The van der Waals surface area contributed by atoms with Gasteiger partial charge in [0.1, 0.15) is 11.7 Å². The van der Waals surface area contributed by atoms with Crippen LogP contribution in [-0.4, -0.2) is 33.6 Å². The lowest BCUT2D eigenvalue weighted by atomic mass is 10.2. The van der Waals surface area contributed by atoms with Crippen LogP contribution in [0.25, 0.3) is 0 Å². The average Bonchev–Trinajstić information content (AvgIpc) is 2.16. The summed E-state index contributed by atoms with van der Waals surface area (Å²) in [7, 11) is 0. The van der Waals surface area contributed by atoms with Crippen LogP contribution in [0.3, 0.4) is 0 Å². The Morgan fingerprint density at radius 1 is 1.60 bits per heavy atom. The number of nitrogen functional groups attached to an aromatic ring is 1.